The van der Waals surface area contributed by atoms with Gasteiger partial charge in [0.1, 0.15) is 5.78 Å². The fourth-order valence-electron chi connectivity index (χ4n) is 2.74. The predicted molar refractivity (Wildman–Crippen MR) is 68.7 cm³/mol. The van der Waals surface area contributed by atoms with E-state index in [4.69, 9.17) is 0 Å². The van der Waals surface area contributed by atoms with Gasteiger partial charge in [-0.25, -0.2) is 0 Å². The summed E-state index contributed by atoms with van der Waals surface area (Å²) in [5.41, 5.74) is 1.10. The maximum Gasteiger partial charge on any atom is 0.140 e. The number of Topliss-reactive ketones (excluding diaryl/α,β-unsaturated/α-hetero) is 1. The second kappa shape index (κ2) is 5.95. The highest BCUT2D eigenvalue weighted by Gasteiger charge is 2.25. The number of carbonyl (C=O) groups excluding carboxylic acids is 1. The monoisotopic (exact) mass is 231 g/mol. The molecule has 1 heterocycles. The van der Waals surface area contributed by atoms with Crippen LogP contribution in [0.2, 0.25) is 0 Å². The molecule has 0 aromatic carbocycles. The van der Waals surface area contributed by atoms with Gasteiger partial charge in [0.05, 0.1) is 0 Å². The molecule has 1 fully saturated rings. The van der Waals surface area contributed by atoms with Crippen LogP contribution in [0.3, 0.4) is 0 Å². The summed E-state index contributed by atoms with van der Waals surface area (Å²) in [6.45, 7) is 2.25. The average molecular weight is 231 g/mol. The van der Waals surface area contributed by atoms with E-state index < -0.39 is 0 Å². The Bertz CT molecular complexity index is 352. The number of rotatable bonds is 4. The zero-order valence-corrected chi connectivity index (χ0v) is 10.6. The molecule has 0 bridgehead atoms. The fourth-order valence-corrected chi connectivity index (χ4v) is 2.74. The van der Waals surface area contributed by atoms with Crippen molar-refractivity contribution < 1.29 is 4.79 Å². The molecule has 0 saturated heterocycles. The Kier molecular flexibility index (Phi) is 4.29. The molecule has 92 valence electrons. The lowest BCUT2D eigenvalue weighted by Gasteiger charge is -2.26. The van der Waals surface area contributed by atoms with Crippen molar-refractivity contribution in [1.29, 1.82) is 0 Å². The summed E-state index contributed by atoms with van der Waals surface area (Å²) in [6.07, 6.45) is 10.1. The summed E-state index contributed by atoms with van der Waals surface area (Å²) in [4.78, 5) is 16.1. The first-order valence-corrected chi connectivity index (χ1v) is 6.71. The number of hydrogen-bond donors (Lipinski definition) is 0. The van der Waals surface area contributed by atoms with Crippen molar-refractivity contribution in [2.45, 2.75) is 45.4 Å². The Hall–Kier alpha value is -1.18. The molecule has 0 radical (unpaired) electrons. The minimum absolute atomic E-state index is 0.311. The van der Waals surface area contributed by atoms with Gasteiger partial charge in [0.15, 0.2) is 0 Å². The van der Waals surface area contributed by atoms with Gasteiger partial charge in [0, 0.05) is 24.7 Å². The van der Waals surface area contributed by atoms with Gasteiger partial charge < -0.3 is 0 Å². The molecule has 0 aliphatic heterocycles. The Morgan fingerprint density at radius 1 is 1.24 bits per heavy atom. The second-order valence-corrected chi connectivity index (χ2v) is 5.12. The Morgan fingerprint density at radius 3 is 2.47 bits per heavy atom. The van der Waals surface area contributed by atoms with Gasteiger partial charge in [0.25, 0.3) is 0 Å². The molecule has 0 amide bonds. The summed E-state index contributed by atoms with van der Waals surface area (Å²) in [7, 11) is 0. The summed E-state index contributed by atoms with van der Waals surface area (Å²) in [5.74, 6) is 1.59. The smallest absolute Gasteiger partial charge is 0.140 e. The van der Waals surface area contributed by atoms with Crippen LogP contribution in [0.5, 0.6) is 0 Å². The van der Waals surface area contributed by atoms with E-state index in [9.17, 15) is 4.79 Å². The number of pyridine rings is 1. The van der Waals surface area contributed by atoms with Gasteiger partial charge in [0.2, 0.25) is 0 Å². The molecular weight excluding hydrogens is 210 g/mol. The summed E-state index contributed by atoms with van der Waals surface area (Å²) < 4.78 is 0. The van der Waals surface area contributed by atoms with Crippen molar-refractivity contribution in [3.05, 3.63) is 30.1 Å². The lowest BCUT2D eigenvalue weighted by atomic mass is 9.78. The molecular formula is C15H21NO. The van der Waals surface area contributed by atoms with E-state index in [0.29, 0.717) is 18.1 Å². The highest BCUT2D eigenvalue weighted by atomic mass is 16.1. The highest BCUT2D eigenvalue weighted by molar-refractivity contribution is 5.83. The predicted octanol–water partition coefficient (Wildman–Crippen LogP) is 3.41. The standard InChI is InChI=1S/C15H21NO/c1-2-12-3-5-14(6-4-12)15(17)11-13-7-9-16-10-8-13/h7-10,12,14H,2-6,11H2,1H3. The van der Waals surface area contributed by atoms with Crippen molar-refractivity contribution >= 4 is 5.78 Å². The molecule has 0 spiro atoms. The minimum atomic E-state index is 0.311. The quantitative estimate of drug-likeness (QED) is 0.794. The third-order valence-corrected chi connectivity index (χ3v) is 4.01. The first-order valence-electron chi connectivity index (χ1n) is 6.71. The van der Waals surface area contributed by atoms with Crippen LogP contribution < -0.4 is 0 Å². The maximum absolute atomic E-state index is 12.1. The van der Waals surface area contributed by atoms with Crippen LogP contribution in [0, 0.1) is 11.8 Å². The third kappa shape index (κ3) is 3.39. The van der Waals surface area contributed by atoms with Crippen LogP contribution in [0.4, 0.5) is 0 Å². The Balaban J connectivity index is 1.85. The molecule has 2 nitrogen and oxygen atoms in total. The van der Waals surface area contributed by atoms with Crippen molar-refractivity contribution in [2.24, 2.45) is 11.8 Å². The number of carbonyl (C=O) groups is 1. The molecule has 1 aromatic rings. The molecule has 1 aromatic heterocycles. The molecule has 1 saturated carbocycles. The molecule has 2 rings (SSSR count). The first kappa shape index (κ1) is 12.3. The van der Waals surface area contributed by atoms with E-state index in [0.717, 1.165) is 24.3 Å². The second-order valence-electron chi connectivity index (χ2n) is 5.12. The molecule has 0 N–H and O–H groups in total. The first-order chi connectivity index (χ1) is 8.29. The summed E-state index contributed by atoms with van der Waals surface area (Å²) in [5, 5.41) is 0. The highest BCUT2D eigenvalue weighted by Crippen LogP contribution is 2.31. The molecule has 0 atom stereocenters. The van der Waals surface area contributed by atoms with Gasteiger partial charge in [-0.1, -0.05) is 13.3 Å². The van der Waals surface area contributed by atoms with E-state index in [2.05, 4.69) is 11.9 Å². The minimum Gasteiger partial charge on any atom is -0.299 e. The van der Waals surface area contributed by atoms with Crippen molar-refractivity contribution in [3.63, 3.8) is 0 Å². The SMILES string of the molecule is CCC1CCC(C(=O)Cc2ccncc2)CC1. The van der Waals surface area contributed by atoms with E-state index in [1.54, 1.807) is 12.4 Å². The molecule has 2 heteroatoms. The Labute approximate surface area is 103 Å². The van der Waals surface area contributed by atoms with E-state index in [1.165, 1.54) is 19.3 Å². The van der Waals surface area contributed by atoms with Crippen LogP contribution in [-0.2, 0) is 11.2 Å². The van der Waals surface area contributed by atoms with Crippen molar-refractivity contribution in [2.75, 3.05) is 0 Å². The van der Waals surface area contributed by atoms with Gasteiger partial charge >= 0.3 is 0 Å². The lowest BCUT2D eigenvalue weighted by molar-refractivity contribution is -0.123. The van der Waals surface area contributed by atoms with Gasteiger partial charge in [-0.3, -0.25) is 9.78 Å². The topological polar surface area (TPSA) is 30.0 Å². The van der Waals surface area contributed by atoms with Gasteiger partial charge in [-0.2, -0.15) is 0 Å². The van der Waals surface area contributed by atoms with E-state index in [-0.39, 0.29) is 0 Å². The number of ketones is 1. The zero-order valence-electron chi connectivity index (χ0n) is 10.6. The van der Waals surface area contributed by atoms with Crippen LogP contribution in [0.15, 0.2) is 24.5 Å². The number of hydrogen-bond acceptors (Lipinski definition) is 2. The molecule has 1 aliphatic carbocycles. The van der Waals surface area contributed by atoms with Crippen LogP contribution >= 0.6 is 0 Å². The van der Waals surface area contributed by atoms with Crippen molar-refractivity contribution in [1.82, 2.24) is 4.98 Å². The summed E-state index contributed by atoms with van der Waals surface area (Å²) >= 11 is 0. The zero-order chi connectivity index (χ0) is 12.1. The molecule has 17 heavy (non-hydrogen) atoms. The average Bonchev–Trinajstić information content (AvgIpc) is 2.40. The molecule has 0 unspecified atom stereocenters. The van der Waals surface area contributed by atoms with Crippen molar-refractivity contribution in [3.8, 4) is 0 Å². The van der Waals surface area contributed by atoms with E-state index in [1.807, 2.05) is 12.1 Å². The van der Waals surface area contributed by atoms with Crippen LogP contribution in [0.25, 0.3) is 0 Å². The summed E-state index contributed by atoms with van der Waals surface area (Å²) in [6, 6.07) is 3.88. The largest absolute Gasteiger partial charge is 0.299 e. The molecule has 1 aliphatic rings. The van der Waals surface area contributed by atoms with Gasteiger partial charge in [-0.15, -0.1) is 0 Å². The lowest BCUT2D eigenvalue weighted by Crippen LogP contribution is -2.23. The fraction of sp³-hybridized carbons (Fsp3) is 0.600. The number of nitrogens with zero attached hydrogens (tertiary/aromatic N) is 1. The van der Waals surface area contributed by atoms with E-state index >= 15 is 0 Å². The van der Waals surface area contributed by atoms with Crippen LogP contribution in [0.1, 0.15) is 44.6 Å². The Morgan fingerprint density at radius 2 is 1.88 bits per heavy atom. The van der Waals surface area contributed by atoms with Gasteiger partial charge in [-0.05, 0) is 49.3 Å². The third-order valence-electron chi connectivity index (χ3n) is 4.01. The maximum atomic E-state index is 12.1. The van der Waals surface area contributed by atoms with Crippen LogP contribution in [-0.4, -0.2) is 10.8 Å². The normalized spacial score (nSPS) is 24.5. The number of aromatic nitrogens is 1.